The lowest BCUT2D eigenvalue weighted by Gasteiger charge is -2.26. The van der Waals surface area contributed by atoms with Crippen molar-refractivity contribution in [3.8, 4) is 11.5 Å². The lowest BCUT2D eigenvalue weighted by Crippen LogP contribution is -2.42. The summed E-state index contributed by atoms with van der Waals surface area (Å²) >= 11 is 6.03. The third-order valence-corrected chi connectivity index (χ3v) is 6.00. The summed E-state index contributed by atoms with van der Waals surface area (Å²) in [6.45, 7) is 1.85. The van der Waals surface area contributed by atoms with Crippen LogP contribution in [0.5, 0.6) is 11.5 Å². The standard InChI is InChI=1S/C26H23ClN2O6/c1-15-24(30)28-22-12-18(27)6-10-20(22)25(31)29(15)13-17-5-9-21(26(32)33)23(11-17)35-14-16-3-7-19(34-2)8-4-16/h3-12,15H,13-14H2,1-2H3,(H,28,30)(H,32,33). The van der Waals surface area contributed by atoms with E-state index < -0.39 is 12.0 Å². The van der Waals surface area contributed by atoms with E-state index in [0.29, 0.717) is 27.6 Å². The van der Waals surface area contributed by atoms with Crippen LogP contribution in [0.3, 0.4) is 0 Å². The van der Waals surface area contributed by atoms with Crippen LogP contribution in [0.4, 0.5) is 5.69 Å². The first-order valence-electron chi connectivity index (χ1n) is 10.8. The van der Waals surface area contributed by atoms with Crippen LogP contribution in [0.1, 0.15) is 38.8 Å². The molecule has 0 fully saturated rings. The van der Waals surface area contributed by atoms with Gasteiger partial charge in [0.1, 0.15) is 29.7 Å². The Kier molecular flexibility index (Phi) is 6.93. The maximum absolute atomic E-state index is 13.3. The van der Waals surface area contributed by atoms with Gasteiger partial charge in [-0.15, -0.1) is 0 Å². The van der Waals surface area contributed by atoms with Crippen molar-refractivity contribution >= 4 is 35.1 Å². The summed E-state index contributed by atoms with van der Waals surface area (Å²) in [7, 11) is 1.57. The molecule has 180 valence electrons. The Morgan fingerprint density at radius 1 is 1.06 bits per heavy atom. The van der Waals surface area contributed by atoms with Gasteiger partial charge in [0.25, 0.3) is 5.91 Å². The second-order valence-electron chi connectivity index (χ2n) is 8.06. The van der Waals surface area contributed by atoms with Crippen LogP contribution in [0.25, 0.3) is 0 Å². The van der Waals surface area contributed by atoms with E-state index in [9.17, 15) is 19.5 Å². The van der Waals surface area contributed by atoms with Gasteiger partial charge in [0.15, 0.2) is 0 Å². The normalized spacial score (nSPS) is 15.2. The second kappa shape index (κ2) is 10.1. The number of carboxylic acid groups (broad SMARTS) is 1. The number of nitrogens with zero attached hydrogens (tertiary/aromatic N) is 1. The van der Waals surface area contributed by atoms with Gasteiger partial charge in [0.05, 0.1) is 18.4 Å². The average molecular weight is 495 g/mol. The molecule has 1 aliphatic heterocycles. The Balaban J connectivity index is 1.60. The van der Waals surface area contributed by atoms with Crippen molar-refractivity contribution in [3.05, 3.63) is 87.9 Å². The number of hydrogen-bond acceptors (Lipinski definition) is 5. The van der Waals surface area contributed by atoms with Crippen molar-refractivity contribution < 1.29 is 29.0 Å². The van der Waals surface area contributed by atoms with Gasteiger partial charge in [0, 0.05) is 11.6 Å². The number of hydrogen-bond donors (Lipinski definition) is 2. The molecule has 1 aliphatic rings. The number of carboxylic acids is 1. The molecule has 0 saturated heterocycles. The molecule has 0 aromatic heterocycles. The van der Waals surface area contributed by atoms with Gasteiger partial charge in [-0.05, 0) is 60.5 Å². The molecule has 3 aromatic carbocycles. The van der Waals surface area contributed by atoms with E-state index in [1.807, 2.05) is 12.1 Å². The van der Waals surface area contributed by atoms with Crippen LogP contribution < -0.4 is 14.8 Å². The summed E-state index contributed by atoms with van der Waals surface area (Å²) < 4.78 is 11.0. The van der Waals surface area contributed by atoms with Crippen LogP contribution in [0, 0.1) is 0 Å². The average Bonchev–Trinajstić information content (AvgIpc) is 2.93. The third-order valence-electron chi connectivity index (χ3n) is 5.76. The number of amides is 2. The molecule has 0 aliphatic carbocycles. The SMILES string of the molecule is COc1ccc(COc2cc(CN3C(=O)c4ccc(Cl)cc4NC(=O)C3C)ccc2C(=O)O)cc1. The van der Waals surface area contributed by atoms with Gasteiger partial charge in [0.2, 0.25) is 5.91 Å². The second-order valence-corrected chi connectivity index (χ2v) is 8.50. The first-order valence-corrected chi connectivity index (χ1v) is 11.2. The summed E-state index contributed by atoms with van der Waals surface area (Å²) in [6, 6.07) is 15.8. The minimum Gasteiger partial charge on any atom is -0.497 e. The van der Waals surface area contributed by atoms with Crippen molar-refractivity contribution in [2.75, 3.05) is 12.4 Å². The first kappa shape index (κ1) is 24.1. The number of halogens is 1. The number of methoxy groups -OCH3 is 1. The molecule has 0 radical (unpaired) electrons. The highest BCUT2D eigenvalue weighted by atomic mass is 35.5. The van der Waals surface area contributed by atoms with E-state index in [1.165, 1.54) is 17.0 Å². The fraction of sp³-hybridized carbons (Fsp3) is 0.192. The molecule has 0 saturated carbocycles. The molecular formula is C26H23ClN2O6. The Morgan fingerprint density at radius 2 is 1.77 bits per heavy atom. The van der Waals surface area contributed by atoms with E-state index >= 15 is 0 Å². The van der Waals surface area contributed by atoms with Crippen molar-refractivity contribution in [2.24, 2.45) is 0 Å². The quantitative estimate of drug-likeness (QED) is 0.497. The largest absolute Gasteiger partial charge is 0.497 e. The molecule has 2 amide bonds. The van der Waals surface area contributed by atoms with Crippen LogP contribution in [0.15, 0.2) is 60.7 Å². The molecule has 2 N–H and O–H groups in total. The highest BCUT2D eigenvalue weighted by molar-refractivity contribution is 6.31. The molecule has 1 heterocycles. The van der Waals surface area contributed by atoms with Crippen LogP contribution in [-0.4, -0.2) is 40.9 Å². The predicted molar refractivity (Wildman–Crippen MR) is 130 cm³/mol. The number of aromatic carboxylic acids is 1. The molecule has 3 aromatic rings. The molecular weight excluding hydrogens is 472 g/mol. The Hall–Kier alpha value is -4.04. The van der Waals surface area contributed by atoms with Crippen LogP contribution in [-0.2, 0) is 17.9 Å². The number of ether oxygens (including phenoxy) is 2. The van der Waals surface area contributed by atoms with Gasteiger partial charge in [-0.3, -0.25) is 9.59 Å². The first-order chi connectivity index (χ1) is 16.8. The van der Waals surface area contributed by atoms with Crippen molar-refractivity contribution in [2.45, 2.75) is 26.1 Å². The maximum Gasteiger partial charge on any atom is 0.339 e. The van der Waals surface area contributed by atoms with Crippen LogP contribution in [0.2, 0.25) is 5.02 Å². The van der Waals surface area contributed by atoms with Gasteiger partial charge in [-0.2, -0.15) is 0 Å². The number of anilines is 1. The molecule has 9 heteroatoms. The smallest absolute Gasteiger partial charge is 0.339 e. The minimum absolute atomic E-state index is 0.00441. The van der Waals surface area contributed by atoms with E-state index in [4.69, 9.17) is 21.1 Å². The fourth-order valence-electron chi connectivity index (χ4n) is 3.77. The monoisotopic (exact) mass is 494 g/mol. The van der Waals surface area contributed by atoms with Gasteiger partial charge in [-0.25, -0.2) is 4.79 Å². The summed E-state index contributed by atoms with van der Waals surface area (Å²) in [5.41, 5.74) is 2.12. The van der Waals surface area contributed by atoms with Crippen LogP contribution >= 0.6 is 11.6 Å². The third kappa shape index (κ3) is 5.22. The maximum atomic E-state index is 13.3. The summed E-state index contributed by atoms with van der Waals surface area (Å²) in [4.78, 5) is 39.2. The van der Waals surface area contributed by atoms with E-state index in [-0.39, 0.29) is 36.3 Å². The van der Waals surface area contributed by atoms with E-state index in [0.717, 1.165) is 5.56 Å². The highest BCUT2D eigenvalue weighted by Gasteiger charge is 2.32. The summed E-state index contributed by atoms with van der Waals surface area (Å²) in [6.07, 6.45) is 0. The lowest BCUT2D eigenvalue weighted by molar-refractivity contribution is -0.120. The zero-order valence-electron chi connectivity index (χ0n) is 19.1. The molecule has 1 unspecified atom stereocenters. The van der Waals surface area contributed by atoms with Gasteiger partial charge < -0.3 is 24.8 Å². The zero-order valence-corrected chi connectivity index (χ0v) is 19.8. The molecule has 4 rings (SSSR count). The lowest BCUT2D eigenvalue weighted by atomic mass is 10.1. The molecule has 0 spiro atoms. The van der Waals surface area contributed by atoms with Crippen molar-refractivity contribution in [3.63, 3.8) is 0 Å². The molecule has 8 nitrogen and oxygen atoms in total. The van der Waals surface area contributed by atoms with Crippen molar-refractivity contribution in [1.82, 2.24) is 4.90 Å². The zero-order chi connectivity index (χ0) is 25.1. The number of rotatable bonds is 7. The number of carbonyl (C=O) groups is 3. The number of fused-ring (bicyclic) bond motifs is 1. The summed E-state index contributed by atoms with van der Waals surface area (Å²) in [5, 5.41) is 12.8. The number of nitrogens with one attached hydrogen (secondary N) is 1. The van der Waals surface area contributed by atoms with E-state index in [1.54, 1.807) is 50.4 Å². The Morgan fingerprint density at radius 3 is 2.46 bits per heavy atom. The Labute approximate surface area is 207 Å². The minimum atomic E-state index is -1.13. The van der Waals surface area contributed by atoms with Gasteiger partial charge >= 0.3 is 5.97 Å². The Bertz CT molecular complexity index is 1290. The molecule has 1 atom stereocenters. The summed E-state index contributed by atoms with van der Waals surface area (Å²) in [5.74, 6) is -0.961. The molecule has 35 heavy (non-hydrogen) atoms. The number of benzene rings is 3. The fourth-order valence-corrected chi connectivity index (χ4v) is 3.94. The highest BCUT2D eigenvalue weighted by Crippen LogP contribution is 2.29. The van der Waals surface area contributed by atoms with Gasteiger partial charge in [-0.1, -0.05) is 29.8 Å². The number of carbonyl (C=O) groups excluding carboxylic acids is 2. The molecule has 0 bridgehead atoms. The van der Waals surface area contributed by atoms with Crippen molar-refractivity contribution in [1.29, 1.82) is 0 Å². The van der Waals surface area contributed by atoms with E-state index in [2.05, 4.69) is 5.32 Å². The predicted octanol–water partition coefficient (Wildman–Crippen LogP) is 4.61. The topological polar surface area (TPSA) is 105 Å².